The lowest BCUT2D eigenvalue weighted by Crippen LogP contribution is -2.57. The Morgan fingerprint density at radius 3 is 2.00 bits per heavy atom. The molecular formula is C18H35N7O6. The van der Waals surface area contributed by atoms with Crippen LogP contribution in [0.15, 0.2) is 4.99 Å². The van der Waals surface area contributed by atoms with E-state index in [9.17, 15) is 29.4 Å². The van der Waals surface area contributed by atoms with Gasteiger partial charge in [-0.3, -0.25) is 19.4 Å². The monoisotopic (exact) mass is 445 g/mol. The summed E-state index contributed by atoms with van der Waals surface area (Å²) in [7, 11) is 0. The van der Waals surface area contributed by atoms with Crippen molar-refractivity contribution >= 4 is 29.7 Å². The van der Waals surface area contributed by atoms with Crippen molar-refractivity contribution in [2.75, 3.05) is 13.2 Å². The summed E-state index contributed by atoms with van der Waals surface area (Å²) in [5, 5.41) is 25.6. The second-order valence-electron chi connectivity index (χ2n) is 7.56. The average molecular weight is 446 g/mol. The Bertz CT molecular complexity index is 651. The third kappa shape index (κ3) is 11.7. The fraction of sp³-hybridized carbons (Fsp3) is 0.722. The number of carbonyl (C=O) groups is 4. The summed E-state index contributed by atoms with van der Waals surface area (Å²) in [5.74, 6) is -3.42. The molecule has 11 N–H and O–H groups in total. The molecule has 4 unspecified atom stereocenters. The summed E-state index contributed by atoms with van der Waals surface area (Å²) in [6.07, 6.45) is 0.895. The Kier molecular flexibility index (Phi) is 12.8. The Morgan fingerprint density at radius 2 is 1.52 bits per heavy atom. The molecule has 31 heavy (non-hydrogen) atoms. The maximum atomic E-state index is 12.3. The summed E-state index contributed by atoms with van der Waals surface area (Å²) < 4.78 is 0. The van der Waals surface area contributed by atoms with Crippen LogP contribution in [0.3, 0.4) is 0 Å². The molecule has 0 rings (SSSR count). The lowest BCUT2D eigenvalue weighted by atomic mass is 10.0. The van der Waals surface area contributed by atoms with E-state index < -0.39 is 54.5 Å². The maximum Gasteiger partial charge on any atom is 0.326 e. The molecule has 0 fully saturated rings. The molecule has 13 nitrogen and oxygen atoms in total. The molecule has 0 saturated carbocycles. The van der Waals surface area contributed by atoms with Gasteiger partial charge in [0.15, 0.2) is 5.96 Å². The maximum absolute atomic E-state index is 12.3. The third-order valence-corrected chi connectivity index (χ3v) is 4.19. The zero-order chi connectivity index (χ0) is 24.1. The number of aliphatic hydroxyl groups is 1. The van der Waals surface area contributed by atoms with Crippen molar-refractivity contribution in [3.63, 3.8) is 0 Å². The molecule has 4 atom stereocenters. The van der Waals surface area contributed by atoms with Gasteiger partial charge in [0, 0.05) is 6.54 Å². The van der Waals surface area contributed by atoms with Crippen molar-refractivity contribution in [2.45, 2.75) is 64.2 Å². The number of guanidine groups is 1. The van der Waals surface area contributed by atoms with Gasteiger partial charge in [-0.15, -0.1) is 0 Å². The molecule has 0 aliphatic rings. The van der Waals surface area contributed by atoms with Gasteiger partial charge in [0.1, 0.15) is 18.1 Å². The fourth-order valence-electron chi connectivity index (χ4n) is 2.49. The number of carbonyl (C=O) groups excluding carboxylic acids is 3. The van der Waals surface area contributed by atoms with E-state index in [1.54, 1.807) is 0 Å². The summed E-state index contributed by atoms with van der Waals surface area (Å²) in [6.45, 7) is 4.54. The number of aliphatic imine (C=N–C) groups is 1. The number of nitrogens with two attached hydrogens (primary N) is 3. The molecule has 0 saturated heterocycles. The van der Waals surface area contributed by atoms with Crippen LogP contribution in [-0.2, 0) is 19.2 Å². The predicted molar refractivity (Wildman–Crippen MR) is 114 cm³/mol. The molecule has 0 aromatic carbocycles. The second-order valence-corrected chi connectivity index (χ2v) is 7.56. The SMILES string of the molecule is CC(C)CC(NC(=O)C(C)NC(=O)C(CO)NC(=O)C(N)CCCN=C(N)N)C(=O)O. The first-order valence-electron chi connectivity index (χ1n) is 9.94. The van der Waals surface area contributed by atoms with Gasteiger partial charge in [-0.05, 0) is 32.1 Å². The highest BCUT2D eigenvalue weighted by Gasteiger charge is 2.28. The van der Waals surface area contributed by atoms with Crippen LogP contribution < -0.4 is 33.2 Å². The number of aliphatic hydroxyl groups excluding tert-OH is 1. The van der Waals surface area contributed by atoms with Crippen molar-refractivity contribution in [3.05, 3.63) is 0 Å². The highest BCUT2D eigenvalue weighted by atomic mass is 16.4. The van der Waals surface area contributed by atoms with Gasteiger partial charge in [0.2, 0.25) is 17.7 Å². The van der Waals surface area contributed by atoms with E-state index in [0.29, 0.717) is 6.42 Å². The molecule has 0 bridgehead atoms. The van der Waals surface area contributed by atoms with Crippen LogP contribution in [0.2, 0.25) is 0 Å². The molecule has 13 heteroatoms. The Balaban J connectivity index is 4.72. The number of carboxylic acid groups (broad SMARTS) is 1. The topological polar surface area (TPSA) is 235 Å². The smallest absolute Gasteiger partial charge is 0.326 e. The van der Waals surface area contributed by atoms with E-state index in [2.05, 4.69) is 20.9 Å². The van der Waals surface area contributed by atoms with E-state index >= 15 is 0 Å². The number of hydrogen-bond donors (Lipinski definition) is 8. The van der Waals surface area contributed by atoms with Crippen LogP contribution in [0.25, 0.3) is 0 Å². The lowest BCUT2D eigenvalue weighted by molar-refractivity contribution is -0.142. The minimum atomic E-state index is -1.34. The first-order valence-corrected chi connectivity index (χ1v) is 9.94. The molecule has 0 aliphatic carbocycles. The van der Waals surface area contributed by atoms with Gasteiger partial charge in [-0.25, -0.2) is 4.79 Å². The molecule has 0 aromatic heterocycles. The Morgan fingerprint density at radius 1 is 0.935 bits per heavy atom. The number of carboxylic acids is 1. The van der Waals surface area contributed by atoms with Gasteiger partial charge in [0.05, 0.1) is 12.6 Å². The fourth-order valence-corrected chi connectivity index (χ4v) is 2.49. The van der Waals surface area contributed by atoms with Crippen LogP contribution in [-0.4, -0.2) is 77.2 Å². The van der Waals surface area contributed by atoms with Crippen LogP contribution in [0.5, 0.6) is 0 Å². The first-order chi connectivity index (χ1) is 14.4. The summed E-state index contributed by atoms with van der Waals surface area (Å²) in [4.78, 5) is 51.7. The Labute approximate surface area is 181 Å². The third-order valence-electron chi connectivity index (χ3n) is 4.19. The van der Waals surface area contributed by atoms with Gasteiger partial charge >= 0.3 is 5.97 Å². The molecular weight excluding hydrogens is 410 g/mol. The predicted octanol–water partition coefficient (Wildman–Crippen LogP) is -3.04. The number of nitrogens with one attached hydrogen (secondary N) is 3. The molecule has 0 aromatic rings. The zero-order valence-corrected chi connectivity index (χ0v) is 18.1. The van der Waals surface area contributed by atoms with Crippen LogP contribution in [0, 0.1) is 5.92 Å². The summed E-state index contributed by atoms with van der Waals surface area (Å²) >= 11 is 0. The molecule has 178 valence electrons. The van der Waals surface area contributed by atoms with Crippen molar-refractivity contribution in [1.82, 2.24) is 16.0 Å². The lowest BCUT2D eigenvalue weighted by Gasteiger charge is -2.23. The van der Waals surface area contributed by atoms with Crippen LogP contribution >= 0.6 is 0 Å². The van der Waals surface area contributed by atoms with Crippen molar-refractivity contribution in [3.8, 4) is 0 Å². The van der Waals surface area contributed by atoms with Crippen molar-refractivity contribution < 1.29 is 29.4 Å². The van der Waals surface area contributed by atoms with E-state index in [1.165, 1.54) is 6.92 Å². The molecule has 0 heterocycles. The molecule has 0 radical (unpaired) electrons. The minimum absolute atomic E-state index is 0.0314. The average Bonchev–Trinajstić information content (AvgIpc) is 2.67. The second kappa shape index (κ2) is 14.1. The van der Waals surface area contributed by atoms with E-state index in [4.69, 9.17) is 17.2 Å². The quantitative estimate of drug-likeness (QED) is 0.0769. The number of aliphatic carboxylic acids is 1. The van der Waals surface area contributed by atoms with Crippen molar-refractivity contribution in [1.29, 1.82) is 0 Å². The van der Waals surface area contributed by atoms with Crippen LogP contribution in [0.4, 0.5) is 0 Å². The molecule has 0 spiro atoms. The highest BCUT2D eigenvalue weighted by Crippen LogP contribution is 2.05. The van der Waals surface area contributed by atoms with Gasteiger partial charge < -0.3 is 43.4 Å². The van der Waals surface area contributed by atoms with E-state index in [0.717, 1.165) is 0 Å². The minimum Gasteiger partial charge on any atom is -0.480 e. The summed E-state index contributed by atoms with van der Waals surface area (Å²) in [5.41, 5.74) is 16.1. The van der Waals surface area contributed by atoms with Gasteiger partial charge in [-0.2, -0.15) is 0 Å². The highest BCUT2D eigenvalue weighted by molar-refractivity contribution is 5.93. The van der Waals surface area contributed by atoms with Gasteiger partial charge in [-0.1, -0.05) is 13.8 Å². The van der Waals surface area contributed by atoms with Crippen LogP contribution in [0.1, 0.15) is 40.0 Å². The van der Waals surface area contributed by atoms with Crippen molar-refractivity contribution in [2.24, 2.45) is 28.1 Å². The number of rotatable bonds is 14. The molecule has 3 amide bonds. The number of hydrogen-bond acceptors (Lipinski definition) is 7. The number of nitrogens with zero attached hydrogens (tertiary/aromatic N) is 1. The standard InChI is InChI=1S/C18H35N7O6/c1-9(2)7-12(17(30)31)24-14(27)10(3)23-16(29)13(8-26)25-15(28)11(19)5-4-6-22-18(20)21/h9-13,26H,4-8,19H2,1-3H3,(H,23,29)(H,24,27)(H,25,28)(H,30,31)(H4,20,21,22). The molecule has 0 aliphatic heterocycles. The Hall–Kier alpha value is -2.93. The van der Waals surface area contributed by atoms with E-state index in [1.807, 2.05) is 13.8 Å². The zero-order valence-electron chi connectivity index (χ0n) is 18.1. The number of amides is 3. The van der Waals surface area contributed by atoms with Gasteiger partial charge in [0.25, 0.3) is 0 Å². The largest absolute Gasteiger partial charge is 0.480 e. The van der Waals surface area contributed by atoms with E-state index in [-0.39, 0.29) is 31.3 Å². The summed E-state index contributed by atoms with van der Waals surface area (Å²) in [6, 6.07) is -4.49. The normalized spacial score (nSPS) is 14.6. The first kappa shape index (κ1) is 28.1.